The van der Waals surface area contributed by atoms with Gasteiger partial charge in [-0.15, -0.1) is 0 Å². The number of hydrogen-bond acceptors (Lipinski definition) is 5. The van der Waals surface area contributed by atoms with Crippen molar-refractivity contribution in [2.45, 2.75) is 13.5 Å². The van der Waals surface area contributed by atoms with Crippen LogP contribution in [0.15, 0.2) is 48.5 Å². The third-order valence-corrected chi connectivity index (χ3v) is 4.79. The van der Waals surface area contributed by atoms with Gasteiger partial charge in [-0.25, -0.2) is 14.4 Å². The summed E-state index contributed by atoms with van der Waals surface area (Å²) >= 11 is 6.11. The van der Waals surface area contributed by atoms with E-state index in [4.69, 9.17) is 21.1 Å². The van der Waals surface area contributed by atoms with Crippen LogP contribution in [-0.2, 0) is 11.3 Å². The normalized spacial score (nSPS) is 11.2. The van der Waals surface area contributed by atoms with Crippen molar-refractivity contribution in [2.75, 3.05) is 20.3 Å². The van der Waals surface area contributed by atoms with E-state index >= 15 is 0 Å². The number of rotatable bonds is 7. The Bertz CT molecular complexity index is 1170. The Balaban J connectivity index is 1.69. The fourth-order valence-electron chi connectivity index (χ4n) is 3.20. The summed E-state index contributed by atoms with van der Waals surface area (Å²) in [7, 11) is 1.59. The largest absolute Gasteiger partial charge is 0.491 e. The number of methoxy groups -OCH3 is 1. The van der Waals surface area contributed by atoms with Crippen LogP contribution in [-0.4, -0.2) is 40.1 Å². The molecular weight excluding hydrogens is 407 g/mol. The molecule has 8 heteroatoms. The standard InChI is InChI=1S/C22H20ClFN4O2/c1-14-11-20(23)26-22(25-14)21-17-5-3-4-6-19(17)28(27-21)13-15-7-8-16(12-18(15)24)30-10-9-29-2/h3-8,11-12H,9-10,13H2,1-2H3. The maximum Gasteiger partial charge on any atom is 0.182 e. The van der Waals surface area contributed by atoms with Crippen molar-refractivity contribution in [3.63, 3.8) is 0 Å². The first kappa shape index (κ1) is 20.3. The monoisotopic (exact) mass is 426 g/mol. The lowest BCUT2D eigenvalue weighted by Gasteiger charge is -2.09. The summed E-state index contributed by atoms with van der Waals surface area (Å²) in [6.45, 7) is 2.91. The molecule has 0 N–H and O–H groups in total. The number of aromatic nitrogens is 4. The zero-order valence-electron chi connectivity index (χ0n) is 16.6. The number of fused-ring (bicyclic) bond motifs is 1. The minimum atomic E-state index is -0.360. The number of hydrogen-bond donors (Lipinski definition) is 0. The molecule has 0 bridgehead atoms. The van der Waals surface area contributed by atoms with Gasteiger partial charge in [0.15, 0.2) is 5.82 Å². The van der Waals surface area contributed by atoms with E-state index in [1.807, 2.05) is 31.2 Å². The molecule has 0 atom stereocenters. The Morgan fingerprint density at radius 1 is 1.07 bits per heavy atom. The van der Waals surface area contributed by atoms with Gasteiger partial charge in [0.1, 0.15) is 29.0 Å². The fourth-order valence-corrected chi connectivity index (χ4v) is 3.44. The van der Waals surface area contributed by atoms with Crippen molar-refractivity contribution in [3.05, 3.63) is 70.8 Å². The fraction of sp³-hybridized carbons (Fsp3) is 0.227. The topological polar surface area (TPSA) is 62.1 Å². The van der Waals surface area contributed by atoms with Crippen molar-refractivity contribution in [2.24, 2.45) is 0 Å². The highest BCUT2D eigenvalue weighted by Gasteiger charge is 2.16. The molecule has 154 valence electrons. The Kier molecular flexibility index (Phi) is 5.92. The number of benzene rings is 2. The lowest BCUT2D eigenvalue weighted by Crippen LogP contribution is -2.06. The van der Waals surface area contributed by atoms with Crippen LogP contribution in [0, 0.1) is 12.7 Å². The maximum absolute atomic E-state index is 14.7. The van der Waals surface area contributed by atoms with E-state index < -0.39 is 0 Å². The number of para-hydroxylation sites is 1. The summed E-state index contributed by atoms with van der Waals surface area (Å²) in [4.78, 5) is 8.78. The van der Waals surface area contributed by atoms with Gasteiger partial charge in [-0.2, -0.15) is 5.10 Å². The minimum Gasteiger partial charge on any atom is -0.491 e. The van der Waals surface area contributed by atoms with E-state index in [9.17, 15) is 4.39 Å². The molecule has 4 aromatic rings. The number of ether oxygens (including phenoxy) is 2. The smallest absolute Gasteiger partial charge is 0.182 e. The Morgan fingerprint density at radius 3 is 2.67 bits per heavy atom. The van der Waals surface area contributed by atoms with Crippen molar-refractivity contribution in [1.82, 2.24) is 19.7 Å². The summed E-state index contributed by atoms with van der Waals surface area (Å²) < 4.78 is 26.8. The highest BCUT2D eigenvalue weighted by Crippen LogP contribution is 2.28. The molecule has 0 fully saturated rings. The molecule has 0 aliphatic heterocycles. The predicted molar refractivity (Wildman–Crippen MR) is 113 cm³/mol. The van der Waals surface area contributed by atoms with E-state index in [2.05, 4.69) is 15.1 Å². The van der Waals surface area contributed by atoms with Crippen LogP contribution in [0.5, 0.6) is 5.75 Å². The highest BCUT2D eigenvalue weighted by molar-refractivity contribution is 6.29. The molecule has 0 aliphatic rings. The van der Waals surface area contributed by atoms with Gasteiger partial charge in [0, 0.05) is 29.8 Å². The molecule has 0 unspecified atom stereocenters. The van der Waals surface area contributed by atoms with E-state index in [0.717, 1.165) is 16.6 Å². The zero-order valence-corrected chi connectivity index (χ0v) is 17.4. The van der Waals surface area contributed by atoms with Crippen molar-refractivity contribution in [3.8, 4) is 17.3 Å². The second-order valence-corrected chi connectivity index (χ2v) is 7.16. The summed E-state index contributed by atoms with van der Waals surface area (Å²) in [5.41, 5.74) is 2.71. The maximum atomic E-state index is 14.7. The van der Waals surface area contributed by atoms with Crippen LogP contribution < -0.4 is 4.74 Å². The first-order valence-corrected chi connectivity index (χ1v) is 9.80. The Morgan fingerprint density at radius 2 is 1.90 bits per heavy atom. The summed E-state index contributed by atoms with van der Waals surface area (Å²) in [6, 6.07) is 14.2. The van der Waals surface area contributed by atoms with Gasteiger partial charge in [0.05, 0.1) is 18.7 Å². The van der Waals surface area contributed by atoms with Gasteiger partial charge in [-0.1, -0.05) is 35.9 Å². The lowest BCUT2D eigenvalue weighted by atomic mass is 10.2. The van der Waals surface area contributed by atoms with E-state index in [-0.39, 0.29) is 12.4 Å². The first-order valence-electron chi connectivity index (χ1n) is 9.42. The Hall–Kier alpha value is -3.03. The molecule has 6 nitrogen and oxygen atoms in total. The predicted octanol–water partition coefficient (Wildman–Crippen LogP) is 4.67. The van der Waals surface area contributed by atoms with Crippen molar-refractivity contribution in [1.29, 1.82) is 0 Å². The van der Waals surface area contributed by atoms with Gasteiger partial charge in [-0.3, -0.25) is 4.68 Å². The van der Waals surface area contributed by atoms with Crippen molar-refractivity contribution < 1.29 is 13.9 Å². The highest BCUT2D eigenvalue weighted by atomic mass is 35.5. The van der Waals surface area contributed by atoms with Gasteiger partial charge in [0.2, 0.25) is 0 Å². The summed E-state index contributed by atoms with van der Waals surface area (Å²) in [5, 5.41) is 5.91. The molecular formula is C22H20ClFN4O2. The molecule has 0 saturated carbocycles. The summed E-state index contributed by atoms with van der Waals surface area (Å²) in [5.74, 6) is 0.542. The molecule has 0 spiro atoms. The molecule has 30 heavy (non-hydrogen) atoms. The molecule has 2 aromatic heterocycles. The molecule has 0 aliphatic carbocycles. The third-order valence-electron chi connectivity index (χ3n) is 4.59. The SMILES string of the molecule is COCCOc1ccc(Cn2nc(-c3nc(C)cc(Cl)n3)c3ccccc32)c(F)c1. The number of halogens is 2. The van der Waals surface area contributed by atoms with Crippen molar-refractivity contribution >= 4 is 22.5 Å². The quantitative estimate of drug-likeness (QED) is 0.317. The molecule has 4 rings (SSSR count). The zero-order chi connectivity index (χ0) is 21.1. The minimum absolute atomic E-state index is 0.254. The van der Waals surface area contributed by atoms with Crippen LogP contribution >= 0.6 is 11.6 Å². The first-order chi connectivity index (χ1) is 14.5. The van der Waals surface area contributed by atoms with Crippen LogP contribution in [0.3, 0.4) is 0 Å². The van der Waals surface area contributed by atoms with Crippen LogP contribution in [0.25, 0.3) is 22.4 Å². The van der Waals surface area contributed by atoms with E-state index in [0.29, 0.717) is 41.2 Å². The van der Waals surface area contributed by atoms with E-state index in [1.165, 1.54) is 6.07 Å². The van der Waals surface area contributed by atoms with Crippen LogP contribution in [0.4, 0.5) is 4.39 Å². The average molecular weight is 427 g/mol. The molecule has 0 amide bonds. The van der Waals surface area contributed by atoms with Crippen LogP contribution in [0.1, 0.15) is 11.3 Å². The third kappa shape index (κ3) is 4.27. The molecule has 2 heterocycles. The average Bonchev–Trinajstić information content (AvgIpc) is 3.08. The molecule has 0 saturated heterocycles. The van der Waals surface area contributed by atoms with Gasteiger partial charge < -0.3 is 9.47 Å². The number of nitrogens with zero attached hydrogens (tertiary/aromatic N) is 4. The Labute approximate surface area is 178 Å². The van der Waals surface area contributed by atoms with Gasteiger partial charge in [0.25, 0.3) is 0 Å². The van der Waals surface area contributed by atoms with Crippen LogP contribution in [0.2, 0.25) is 5.15 Å². The second kappa shape index (κ2) is 8.77. The van der Waals surface area contributed by atoms with Gasteiger partial charge >= 0.3 is 0 Å². The number of aryl methyl sites for hydroxylation is 1. The van der Waals surface area contributed by atoms with Gasteiger partial charge in [-0.05, 0) is 25.1 Å². The summed E-state index contributed by atoms with van der Waals surface area (Å²) in [6.07, 6.45) is 0. The molecule has 2 aromatic carbocycles. The lowest BCUT2D eigenvalue weighted by molar-refractivity contribution is 0.146. The van der Waals surface area contributed by atoms with E-state index in [1.54, 1.807) is 30.0 Å². The second-order valence-electron chi connectivity index (χ2n) is 6.77. The molecule has 0 radical (unpaired) electrons.